The average molecular weight is 250 g/mol. The zero-order chi connectivity index (χ0) is 9.19. The molecule has 0 aliphatic carbocycles. The quantitative estimate of drug-likeness (QED) is 0.858. The normalized spacial score (nSPS) is 16.0. The molecule has 0 spiro atoms. The fraction of sp³-hybridized carbons (Fsp3) is 0.500. The van der Waals surface area contributed by atoms with Gasteiger partial charge in [-0.2, -0.15) is 0 Å². The Labute approximate surface area is 84.5 Å². The van der Waals surface area contributed by atoms with Crippen LogP contribution >= 0.6 is 27.3 Å². The van der Waals surface area contributed by atoms with Gasteiger partial charge in [-0.05, 0) is 35.0 Å². The fourth-order valence-corrected chi connectivity index (χ4v) is 2.58. The van der Waals surface area contributed by atoms with Gasteiger partial charge in [0.15, 0.2) is 0 Å². The number of hydrogen-bond acceptors (Lipinski definition) is 3. The zero-order valence-corrected chi connectivity index (χ0v) is 9.28. The van der Waals surface area contributed by atoms with Crippen molar-refractivity contribution in [2.24, 2.45) is 5.73 Å². The molecule has 0 aliphatic rings. The predicted octanol–water partition coefficient (Wildman–Crippen LogP) is 1.76. The highest BCUT2D eigenvalue weighted by molar-refractivity contribution is 9.11. The molecule has 1 rings (SSSR count). The molecule has 0 bridgehead atoms. The topological polar surface area (TPSA) is 46.2 Å². The fourth-order valence-electron chi connectivity index (χ4n) is 0.901. The number of hydrogen-bond donors (Lipinski definition) is 2. The molecular formula is C8H12BrNOS. The van der Waals surface area contributed by atoms with Crippen molar-refractivity contribution in [3.8, 4) is 0 Å². The summed E-state index contributed by atoms with van der Waals surface area (Å²) in [5.74, 6) is 0. The van der Waals surface area contributed by atoms with Gasteiger partial charge in [-0.15, -0.1) is 11.3 Å². The molecule has 0 fully saturated rings. The van der Waals surface area contributed by atoms with Crippen molar-refractivity contribution in [1.29, 1.82) is 0 Å². The molecule has 0 saturated heterocycles. The Bertz CT molecular complexity index is 259. The molecule has 1 atom stereocenters. The standard InChI is InChI=1S/C8H12BrNOS/c1-8(10,5-11)4-6-2-3-7(9)12-6/h2-3,11H,4-5,10H2,1H3. The van der Waals surface area contributed by atoms with E-state index in [4.69, 9.17) is 10.8 Å². The molecule has 0 aromatic carbocycles. The van der Waals surface area contributed by atoms with E-state index in [0.29, 0.717) is 0 Å². The van der Waals surface area contributed by atoms with Crippen LogP contribution in [0.15, 0.2) is 15.9 Å². The molecule has 2 nitrogen and oxygen atoms in total. The first-order valence-electron chi connectivity index (χ1n) is 3.67. The van der Waals surface area contributed by atoms with Crippen LogP contribution in [0, 0.1) is 0 Å². The van der Waals surface area contributed by atoms with Crippen LogP contribution in [0.25, 0.3) is 0 Å². The molecule has 1 aromatic rings. The number of nitrogens with two attached hydrogens (primary N) is 1. The van der Waals surface area contributed by atoms with Gasteiger partial charge >= 0.3 is 0 Å². The van der Waals surface area contributed by atoms with Gasteiger partial charge in [0.1, 0.15) is 0 Å². The molecule has 0 aliphatic heterocycles. The van der Waals surface area contributed by atoms with Crippen molar-refractivity contribution >= 4 is 27.3 Å². The number of halogens is 1. The van der Waals surface area contributed by atoms with Crippen LogP contribution in [0.2, 0.25) is 0 Å². The van der Waals surface area contributed by atoms with Gasteiger partial charge in [0.2, 0.25) is 0 Å². The van der Waals surface area contributed by atoms with Crippen LogP contribution in [0.5, 0.6) is 0 Å². The van der Waals surface area contributed by atoms with Gasteiger partial charge in [0.25, 0.3) is 0 Å². The summed E-state index contributed by atoms with van der Waals surface area (Å²) in [4.78, 5) is 1.20. The minimum Gasteiger partial charge on any atom is -0.394 e. The van der Waals surface area contributed by atoms with Gasteiger partial charge in [-0.1, -0.05) is 0 Å². The second kappa shape index (κ2) is 3.87. The molecule has 12 heavy (non-hydrogen) atoms. The van der Waals surface area contributed by atoms with E-state index >= 15 is 0 Å². The van der Waals surface area contributed by atoms with Crippen molar-refractivity contribution in [1.82, 2.24) is 0 Å². The van der Waals surface area contributed by atoms with Gasteiger partial charge in [-0.3, -0.25) is 0 Å². The molecular weight excluding hydrogens is 238 g/mol. The first-order valence-corrected chi connectivity index (χ1v) is 5.28. The van der Waals surface area contributed by atoms with E-state index in [1.54, 1.807) is 11.3 Å². The minimum atomic E-state index is -0.496. The second-order valence-corrected chi connectivity index (χ2v) is 5.74. The highest BCUT2D eigenvalue weighted by atomic mass is 79.9. The second-order valence-electron chi connectivity index (χ2n) is 3.19. The third-order valence-electron chi connectivity index (χ3n) is 1.57. The van der Waals surface area contributed by atoms with Crippen LogP contribution in [0.3, 0.4) is 0 Å². The molecule has 0 radical (unpaired) electrons. The number of rotatable bonds is 3. The van der Waals surface area contributed by atoms with E-state index in [1.165, 1.54) is 4.88 Å². The largest absolute Gasteiger partial charge is 0.394 e. The predicted molar refractivity (Wildman–Crippen MR) is 55.4 cm³/mol. The van der Waals surface area contributed by atoms with Crippen molar-refractivity contribution in [2.45, 2.75) is 18.9 Å². The van der Waals surface area contributed by atoms with Gasteiger partial charge in [0, 0.05) is 16.8 Å². The summed E-state index contributed by atoms with van der Waals surface area (Å²) in [6.45, 7) is 1.86. The molecule has 3 N–H and O–H groups in total. The Balaban J connectivity index is 2.63. The van der Waals surface area contributed by atoms with Crippen molar-refractivity contribution in [3.05, 3.63) is 20.8 Å². The minimum absolute atomic E-state index is 0.0164. The maximum absolute atomic E-state index is 8.93. The van der Waals surface area contributed by atoms with E-state index in [0.717, 1.165) is 10.2 Å². The lowest BCUT2D eigenvalue weighted by Crippen LogP contribution is -2.42. The molecule has 4 heteroatoms. The molecule has 0 saturated carbocycles. The van der Waals surface area contributed by atoms with Gasteiger partial charge in [-0.25, -0.2) is 0 Å². The maximum Gasteiger partial charge on any atom is 0.0701 e. The molecule has 1 heterocycles. The van der Waals surface area contributed by atoms with E-state index in [-0.39, 0.29) is 6.61 Å². The Hall–Kier alpha value is 0.1000. The van der Waals surface area contributed by atoms with Crippen LogP contribution in [0.1, 0.15) is 11.8 Å². The lowest BCUT2D eigenvalue weighted by Gasteiger charge is -2.20. The van der Waals surface area contributed by atoms with Gasteiger partial charge in [0.05, 0.1) is 10.4 Å². The smallest absolute Gasteiger partial charge is 0.0701 e. The Morgan fingerprint density at radius 2 is 2.33 bits per heavy atom. The SMILES string of the molecule is CC(N)(CO)Cc1ccc(Br)s1. The lowest BCUT2D eigenvalue weighted by atomic mass is 10.00. The Morgan fingerprint density at radius 1 is 1.67 bits per heavy atom. The first kappa shape index (κ1) is 10.2. The number of aliphatic hydroxyl groups excluding tert-OH is 1. The van der Waals surface area contributed by atoms with Crippen LogP contribution in [-0.4, -0.2) is 17.3 Å². The summed E-state index contributed by atoms with van der Waals surface area (Å²) >= 11 is 5.03. The van der Waals surface area contributed by atoms with Gasteiger partial charge < -0.3 is 10.8 Å². The van der Waals surface area contributed by atoms with Crippen molar-refractivity contribution in [2.75, 3.05) is 6.61 Å². The summed E-state index contributed by atoms with van der Waals surface area (Å²) in [7, 11) is 0. The molecule has 1 unspecified atom stereocenters. The van der Waals surface area contributed by atoms with Crippen LogP contribution in [0.4, 0.5) is 0 Å². The molecule has 0 amide bonds. The summed E-state index contributed by atoms with van der Waals surface area (Å²) in [6, 6.07) is 4.02. The molecule has 1 aromatic heterocycles. The van der Waals surface area contributed by atoms with Crippen LogP contribution < -0.4 is 5.73 Å². The number of aliphatic hydroxyl groups is 1. The van der Waals surface area contributed by atoms with E-state index in [9.17, 15) is 0 Å². The van der Waals surface area contributed by atoms with E-state index in [2.05, 4.69) is 15.9 Å². The first-order chi connectivity index (χ1) is 5.53. The van der Waals surface area contributed by atoms with Crippen molar-refractivity contribution in [3.63, 3.8) is 0 Å². The highest BCUT2D eigenvalue weighted by Gasteiger charge is 2.18. The summed E-state index contributed by atoms with van der Waals surface area (Å²) in [6.07, 6.45) is 0.722. The number of thiophene rings is 1. The Morgan fingerprint density at radius 3 is 2.75 bits per heavy atom. The monoisotopic (exact) mass is 249 g/mol. The van der Waals surface area contributed by atoms with Crippen molar-refractivity contribution < 1.29 is 5.11 Å². The lowest BCUT2D eigenvalue weighted by molar-refractivity contribution is 0.209. The summed E-state index contributed by atoms with van der Waals surface area (Å²) < 4.78 is 1.10. The summed E-state index contributed by atoms with van der Waals surface area (Å²) in [5.41, 5.74) is 5.30. The van der Waals surface area contributed by atoms with E-state index in [1.807, 2.05) is 19.1 Å². The zero-order valence-electron chi connectivity index (χ0n) is 6.88. The average Bonchev–Trinajstić information content (AvgIpc) is 2.35. The third kappa shape index (κ3) is 2.86. The third-order valence-corrected chi connectivity index (χ3v) is 3.19. The molecule has 68 valence electrons. The van der Waals surface area contributed by atoms with Crippen LogP contribution in [-0.2, 0) is 6.42 Å². The maximum atomic E-state index is 8.93. The van der Waals surface area contributed by atoms with E-state index < -0.39 is 5.54 Å². The summed E-state index contributed by atoms with van der Waals surface area (Å²) in [5, 5.41) is 8.93. The highest BCUT2D eigenvalue weighted by Crippen LogP contribution is 2.24. The Kier molecular flexibility index (Phi) is 3.29.